The van der Waals surface area contributed by atoms with Crippen molar-refractivity contribution in [2.75, 3.05) is 23.8 Å². The fraction of sp³-hybridized carbons (Fsp3) is 0.278. The molecule has 1 aliphatic heterocycles. The lowest BCUT2D eigenvalue weighted by Crippen LogP contribution is -2.31. The van der Waals surface area contributed by atoms with E-state index >= 15 is 0 Å². The number of ether oxygens (including phenoxy) is 2. The van der Waals surface area contributed by atoms with Crippen LogP contribution >= 0.6 is 0 Å². The van der Waals surface area contributed by atoms with Crippen LogP contribution in [0, 0.1) is 0 Å². The minimum Gasteiger partial charge on any atom is -0.490 e. The molecule has 0 radical (unpaired) electrons. The van der Waals surface area contributed by atoms with Crippen LogP contribution in [0.5, 0.6) is 11.5 Å². The summed E-state index contributed by atoms with van der Waals surface area (Å²) in [4.78, 5) is 12.4. The van der Waals surface area contributed by atoms with Gasteiger partial charge in [-0.1, -0.05) is 0 Å². The number of hydrogen-bond donors (Lipinski definition) is 3. The molecule has 8 nitrogen and oxygen atoms in total. The van der Waals surface area contributed by atoms with Crippen LogP contribution in [0.4, 0.5) is 11.4 Å². The summed E-state index contributed by atoms with van der Waals surface area (Å²) < 4.78 is 33.8. The summed E-state index contributed by atoms with van der Waals surface area (Å²) in [5, 5.41) is 10.9. The molecular weight excluding hydrogens is 370 g/mol. The summed E-state index contributed by atoms with van der Waals surface area (Å²) in [5.74, 6) is 1.05. The normalized spacial score (nSPS) is 14.7. The number of rotatable bonds is 5. The number of nitrogens with two attached hydrogens (primary N) is 1. The Balaban J connectivity index is 1.63. The van der Waals surface area contributed by atoms with Gasteiger partial charge in [0.1, 0.15) is 6.04 Å². The van der Waals surface area contributed by atoms with Crippen molar-refractivity contribution in [3.05, 3.63) is 42.5 Å². The molecule has 0 bridgehead atoms. The molecule has 2 aromatic rings. The Labute approximate surface area is 157 Å². The van der Waals surface area contributed by atoms with Crippen molar-refractivity contribution in [2.24, 2.45) is 5.14 Å². The topological polar surface area (TPSA) is 120 Å². The minimum atomic E-state index is -3.76. The fourth-order valence-corrected chi connectivity index (χ4v) is 3.06. The van der Waals surface area contributed by atoms with Crippen LogP contribution in [-0.4, -0.2) is 33.6 Å². The number of carbonyl (C=O) groups excluding carboxylic acids is 1. The van der Waals surface area contributed by atoms with Gasteiger partial charge in [0.2, 0.25) is 15.9 Å². The van der Waals surface area contributed by atoms with E-state index in [2.05, 4.69) is 10.6 Å². The molecule has 0 aliphatic carbocycles. The lowest BCUT2D eigenvalue weighted by atomic mass is 10.2. The molecule has 1 atom stereocenters. The summed E-state index contributed by atoms with van der Waals surface area (Å²) in [5.41, 5.74) is 1.20. The minimum absolute atomic E-state index is 0.0149. The Morgan fingerprint density at radius 3 is 2.33 bits per heavy atom. The third-order valence-corrected chi connectivity index (χ3v) is 4.90. The number of anilines is 2. The maximum absolute atomic E-state index is 12.4. The zero-order chi connectivity index (χ0) is 19.4. The van der Waals surface area contributed by atoms with Crippen LogP contribution in [0.25, 0.3) is 0 Å². The zero-order valence-electron chi connectivity index (χ0n) is 14.8. The molecule has 0 fully saturated rings. The maximum atomic E-state index is 12.4. The molecule has 1 aliphatic rings. The fourth-order valence-electron chi connectivity index (χ4n) is 2.55. The van der Waals surface area contributed by atoms with Gasteiger partial charge in [0.05, 0.1) is 18.1 Å². The van der Waals surface area contributed by atoms with Crippen molar-refractivity contribution in [1.82, 2.24) is 0 Å². The molecule has 0 saturated carbocycles. The molecule has 3 rings (SSSR count). The van der Waals surface area contributed by atoms with Crippen LogP contribution in [0.3, 0.4) is 0 Å². The predicted molar refractivity (Wildman–Crippen MR) is 102 cm³/mol. The van der Waals surface area contributed by atoms with E-state index in [1.165, 1.54) is 24.3 Å². The molecule has 0 aromatic heterocycles. The number of nitrogens with one attached hydrogen (secondary N) is 2. The molecule has 4 N–H and O–H groups in total. The predicted octanol–water partition coefficient (Wildman–Crippen LogP) is 1.93. The number of amides is 1. The second-order valence-electron chi connectivity index (χ2n) is 6.14. The molecule has 1 heterocycles. The first-order chi connectivity index (χ1) is 12.8. The maximum Gasteiger partial charge on any atom is 0.246 e. The number of benzene rings is 2. The molecular formula is C18H21N3O5S. The van der Waals surface area contributed by atoms with Crippen molar-refractivity contribution in [2.45, 2.75) is 24.3 Å². The van der Waals surface area contributed by atoms with E-state index in [9.17, 15) is 13.2 Å². The van der Waals surface area contributed by atoms with E-state index in [0.29, 0.717) is 30.4 Å². The number of carbonyl (C=O) groups is 1. The van der Waals surface area contributed by atoms with E-state index in [1.807, 2.05) is 6.07 Å². The molecule has 2 aromatic carbocycles. The molecule has 0 unspecified atom stereocenters. The third-order valence-electron chi connectivity index (χ3n) is 3.97. The van der Waals surface area contributed by atoms with Gasteiger partial charge in [-0.15, -0.1) is 0 Å². The van der Waals surface area contributed by atoms with Gasteiger partial charge >= 0.3 is 0 Å². The van der Waals surface area contributed by atoms with Crippen molar-refractivity contribution >= 4 is 27.3 Å². The van der Waals surface area contributed by atoms with Crippen LogP contribution < -0.4 is 25.2 Å². The summed E-state index contributed by atoms with van der Waals surface area (Å²) in [6.45, 7) is 2.92. The zero-order valence-corrected chi connectivity index (χ0v) is 15.6. The van der Waals surface area contributed by atoms with E-state index in [0.717, 1.165) is 12.1 Å². The third kappa shape index (κ3) is 4.89. The highest BCUT2D eigenvalue weighted by Gasteiger charge is 2.16. The molecule has 0 saturated heterocycles. The lowest BCUT2D eigenvalue weighted by Gasteiger charge is -2.17. The van der Waals surface area contributed by atoms with Crippen LogP contribution in [0.15, 0.2) is 47.4 Å². The molecule has 0 spiro atoms. The second-order valence-corrected chi connectivity index (χ2v) is 7.70. The highest BCUT2D eigenvalue weighted by atomic mass is 32.2. The van der Waals surface area contributed by atoms with Gasteiger partial charge in [-0.3, -0.25) is 4.79 Å². The Morgan fingerprint density at radius 1 is 1.04 bits per heavy atom. The SMILES string of the molecule is C[C@H](Nc1ccc2c(c1)OCCCO2)C(=O)Nc1ccc(S(N)(=O)=O)cc1. The summed E-state index contributed by atoms with van der Waals surface area (Å²) in [6, 6.07) is 10.5. The van der Waals surface area contributed by atoms with Crippen LogP contribution in [-0.2, 0) is 14.8 Å². The monoisotopic (exact) mass is 391 g/mol. The van der Waals surface area contributed by atoms with Crippen molar-refractivity contribution in [1.29, 1.82) is 0 Å². The Kier molecular flexibility index (Phi) is 5.52. The Morgan fingerprint density at radius 2 is 1.67 bits per heavy atom. The van der Waals surface area contributed by atoms with Gasteiger partial charge < -0.3 is 20.1 Å². The first-order valence-corrected chi connectivity index (χ1v) is 9.97. The van der Waals surface area contributed by atoms with Crippen molar-refractivity contribution in [3.8, 4) is 11.5 Å². The quantitative estimate of drug-likeness (QED) is 0.716. The van der Waals surface area contributed by atoms with Crippen molar-refractivity contribution in [3.63, 3.8) is 0 Å². The molecule has 27 heavy (non-hydrogen) atoms. The van der Waals surface area contributed by atoms with Crippen LogP contribution in [0.2, 0.25) is 0 Å². The van der Waals surface area contributed by atoms with Gasteiger partial charge in [0, 0.05) is 23.9 Å². The van der Waals surface area contributed by atoms with Gasteiger partial charge in [0.15, 0.2) is 11.5 Å². The average Bonchev–Trinajstić information content (AvgIpc) is 2.86. The highest BCUT2D eigenvalue weighted by Crippen LogP contribution is 2.32. The van der Waals surface area contributed by atoms with Gasteiger partial charge in [-0.25, -0.2) is 13.6 Å². The molecule has 9 heteroatoms. The van der Waals surface area contributed by atoms with Crippen molar-refractivity contribution < 1.29 is 22.7 Å². The van der Waals surface area contributed by atoms with E-state index in [4.69, 9.17) is 14.6 Å². The second kappa shape index (κ2) is 7.85. The largest absolute Gasteiger partial charge is 0.490 e. The average molecular weight is 391 g/mol. The van der Waals surface area contributed by atoms with E-state index in [1.54, 1.807) is 19.1 Å². The standard InChI is InChI=1S/C18H21N3O5S/c1-12(18(22)21-13-3-6-15(7-4-13)27(19,23)24)20-14-5-8-16-17(11-14)26-10-2-9-25-16/h3-8,11-12,20H,2,9-10H2,1H3,(H,21,22)(H2,19,23,24)/t12-/m0/s1. The Hall–Kier alpha value is -2.78. The highest BCUT2D eigenvalue weighted by molar-refractivity contribution is 7.89. The van der Waals surface area contributed by atoms with Crippen LogP contribution in [0.1, 0.15) is 13.3 Å². The summed E-state index contributed by atoms with van der Waals surface area (Å²) >= 11 is 0. The van der Waals surface area contributed by atoms with Gasteiger partial charge in [0.25, 0.3) is 0 Å². The first-order valence-electron chi connectivity index (χ1n) is 8.43. The Bertz CT molecular complexity index is 929. The van der Waals surface area contributed by atoms with Gasteiger partial charge in [-0.2, -0.15) is 0 Å². The van der Waals surface area contributed by atoms with E-state index in [-0.39, 0.29) is 10.8 Å². The number of fused-ring (bicyclic) bond motifs is 1. The molecule has 144 valence electrons. The van der Waals surface area contributed by atoms with Gasteiger partial charge in [-0.05, 0) is 43.3 Å². The smallest absolute Gasteiger partial charge is 0.246 e. The molecule has 1 amide bonds. The number of sulfonamides is 1. The number of primary sulfonamides is 1. The van der Waals surface area contributed by atoms with E-state index < -0.39 is 16.1 Å². The first kappa shape index (κ1) is 19.0. The summed E-state index contributed by atoms with van der Waals surface area (Å²) in [6.07, 6.45) is 0.820. The summed E-state index contributed by atoms with van der Waals surface area (Å²) in [7, 11) is -3.76. The lowest BCUT2D eigenvalue weighted by molar-refractivity contribution is -0.116. The number of hydrogen-bond acceptors (Lipinski definition) is 6.